The Kier molecular flexibility index (Phi) is 6.93. The summed E-state index contributed by atoms with van der Waals surface area (Å²) in [6.07, 6.45) is 0.681. The van der Waals surface area contributed by atoms with Gasteiger partial charge in [0.25, 0.3) is 5.56 Å². The smallest absolute Gasteiger partial charge is 0.262 e. The van der Waals surface area contributed by atoms with Crippen molar-refractivity contribution in [3.63, 3.8) is 0 Å². The molecule has 0 amide bonds. The van der Waals surface area contributed by atoms with Gasteiger partial charge in [-0.15, -0.1) is 10.2 Å². The van der Waals surface area contributed by atoms with E-state index in [0.29, 0.717) is 58.6 Å². The second kappa shape index (κ2) is 9.85. The van der Waals surface area contributed by atoms with E-state index in [1.165, 1.54) is 11.8 Å². The normalized spacial score (nSPS) is 12.5. The maximum Gasteiger partial charge on any atom is 0.262 e. The summed E-state index contributed by atoms with van der Waals surface area (Å²) in [5.41, 5.74) is 1.14. The van der Waals surface area contributed by atoms with Gasteiger partial charge in [0.1, 0.15) is 0 Å². The second-order valence-electron chi connectivity index (χ2n) is 7.28. The number of hydrogen-bond donors (Lipinski definition) is 0. The maximum absolute atomic E-state index is 13.1. The lowest BCUT2D eigenvalue weighted by molar-refractivity contribution is 0.0994. The molecule has 1 unspecified atom stereocenters. The Morgan fingerprint density at radius 1 is 1.19 bits per heavy atom. The van der Waals surface area contributed by atoms with Crippen LogP contribution in [0.1, 0.15) is 30.6 Å². The highest BCUT2D eigenvalue weighted by atomic mass is 35.5. The molecule has 2 aromatic heterocycles. The van der Waals surface area contributed by atoms with Gasteiger partial charge < -0.3 is 4.74 Å². The predicted molar refractivity (Wildman–Crippen MR) is 127 cm³/mol. The van der Waals surface area contributed by atoms with E-state index >= 15 is 0 Å². The van der Waals surface area contributed by atoms with E-state index in [-0.39, 0.29) is 11.3 Å². The minimum Gasteiger partial charge on any atom is -0.382 e. The van der Waals surface area contributed by atoms with Crippen LogP contribution in [0.15, 0.2) is 58.5 Å². The molecule has 0 fully saturated rings. The molecule has 0 aliphatic heterocycles. The van der Waals surface area contributed by atoms with Gasteiger partial charge in [-0.1, -0.05) is 47.6 Å². The van der Waals surface area contributed by atoms with Crippen molar-refractivity contribution in [3.05, 3.63) is 69.5 Å². The fourth-order valence-electron chi connectivity index (χ4n) is 3.57. The Labute approximate surface area is 194 Å². The summed E-state index contributed by atoms with van der Waals surface area (Å²) in [6, 6.07) is 14.3. The number of ketones is 1. The number of nitrogens with zero attached hydrogens (tertiary/aromatic N) is 4. The summed E-state index contributed by atoms with van der Waals surface area (Å²) in [5.74, 6) is 0.402. The van der Waals surface area contributed by atoms with Gasteiger partial charge in [-0.25, -0.2) is 0 Å². The molecule has 0 aliphatic carbocycles. The number of para-hydroxylation sites is 1. The van der Waals surface area contributed by atoms with E-state index in [9.17, 15) is 9.59 Å². The molecular weight excluding hydrogens is 448 g/mol. The molecule has 0 aliphatic rings. The predicted octanol–water partition coefficient (Wildman–Crippen LogP) is 4.49. The Bertz CT molecular complexity index is 1330. The van der Waals surface area contributed by atoms with Gasteiger partial charge in [-0.3, -0.25) is 18.6 Å². The summed E-state index contributed by atoms with van der Waals surface area (Å²) < 4.78 is 8.90. The van der Waals surface area contributed by atoms with E-state index in [1.807, 2.05) is 36.4 Å². The van der Waals surface area contributed by atoms with Gasteiger partial charge in [0.2, 0.25) is 5.78 Å². The minimum atomic E-state index is -0.419. The summed E-state index contributed by atoms with van der Waals surface area (Å²) in [4.78, 5) is 26.1. The van der Waals surface area contributed by atoms with Crippen LogP contribution in [-0.4, -0.2) is 43.4 Å². The first-order chi connectivity index (χ1) is 15.5. The number of carbonyl (C=O) groups is 1. The number of aryl methyl sites for hydroxylation is 1. The van der Waals surface area contributed by atoms with Gasteiger partial charge in [0.15, 0.2) is 10.9 Å². The van der Waals surface area contributed by atoms with Crippen LogP contribution in [0.5, 0.6) is 0 Å². The molecule has 32 heavy (non-hydrogen) atoms. The zero-order valence-electron chi connectivity index (χ0n) is 17.8. The van der Waals surface area contributed by atoms with Crippen LogP contribution in [-0.2, 0) is 11.3 Å². The highest BCUT2D eigenvalue weighted by molar-refractivity contribution is 8.00. The first-order valence-electron chi connectivity index (χ1n) is 10.4. The lowest BCUT2D eigenvalue weighted by Crippen LogP contribution is -2.24. The molecule has 9 heteroatoms. The first kappa shape index (κ1) is 22.5. The largest absolute Gasteiger partial charge is 0.382 e. The molecule has 0 saturated heterocycles. The number of hydrogen-bond acceptors (Lipinski definition) is 6. The van der Waals surface area contributed by atoms with Crippen molar-refractivity contribution in [3.8, 4) is 0 Å². The maximum atomic E-state index is 13.1. The third-order valence-electron chi connectivity index (χ3n) is 5.11. The molecule has 0 N–H and O–H groups in total. The number of thioether (sulfide) groups is 1. The summed E-state index contributed by atoms with van der Waals surface area (Å²) >= 11 is 7.35. The van der Waals surface area contributed by atoms with Gasteiger partial charge in [-0.2, -0.15) is 0 Å². The van der Waals surface area contributed by atoms with Crippen molar-refractivity contribution in [2.75, 3.05) is 13.2 Å². The Hall–Kier alpha value is -2.68. The Balaban J connectivity index is 1.73. The monoisotopic (exact) mass is 470 g/mol. The number of carbonyl (C=O) groups excluding carboxylic acids is 1. The lowest BCUT2D eigenvalue weighted by Gasteiger charge is -2.13. The first-order valence-corrected chi connectivity index (χ1v) is 11.7. The number of rotatable bonds is 9. The van der Waals surface area contributed by atoms with Crippen molar-refractivity contribution in [2.24, 2.45) is 0 Å². The van der Waals surface area contributed by atoms with Crippen molar-refractivity contribution >= 4 is 45.8 Å². The zero-order valence-corrected chi connectivity index (χ0v) is 19.4. The van der Waals surface area contributed by atoms with Gasteiger partial charge >= 0.3 is 0 Å². The van der Waals surface area contributed by atoms with Crippen LogP contribution < -0.4 is 5.56 Å². The number of benzene rings is 2. The van der Waals surface area contributed by atoms with E-state index in [4.69, 9.17) is 16.3 Å². The number of ether oxygens (including phenoxy) is 1. The summed E-state index contributed by atoms with van der Waals surface area (Å²) in [6.45, 7) is 5.42. The van der Waals surface area contributed by atoms with E-state index < -0.39 is 5.25 Å². The minimum absolute atomic E-state index is 0.0522. The topological polar surface area (TPSA) is 78.5 Å². The van der Waals surface area contributed by atoms with Crippen LogP contribution in [0.25, 0.3) is 16.7 Å². The van der Waals surface area contributed by atoms with Crippen molar-refractivity contribution in [2.45, 2.75) is 37.2 Å². The third-order valence-corrected chi connectivity index (χ3v) is 6.39. The molecule has 0 spiro atoms. The fraction of sp³-hybridized carbons (Fsp3) is 0.304. The Morgan fingerprint density at radius 3 is 2.78 bits per heavy atom. The van der Waals surface area contributed by atoms with Crippen LogP contribution in [0, 0.1) is 0 Å². The summed E-state index contributed by atoms with van der Waals surface area (Å²) in [7, 11) is 0. The van der Waals surface area contributed by atoms with Crippen molar-refractivity contribution < 1.29 is 9.53 Å². The highest BCUT2D eigenvalue weighted by Crippen LogP contribution is 2.27. The number of fused-ring (bicyclic) bond motifs is 3. The van der Waals surface area contributed by atoms with Crippen LogP contribution in [0.2, 0.25) is 5.02 Å². The molecule has 7 nitrogen and oxygen atoms in total. The number of aromatic nitrogens is 4. The molecule has 0 bridgehead atoms. The van der Waals surface area contributed by atoms with Gasteiger partial charge in [0.05, 0.1) is 16.2 Å². The van der Waals surface area contributed by atoms with Gasteiger partial charge in [0, 0.05) is 30.3 Å². The number of Topliss-reactive ketones (excluding diaryl/α,β-unsaturated/α-hetero) is 1. The van der Waals surface area contributed by atoms with Crippen LogP contribution in [0.3, 0.4) is 0 Å². The molecule has 4 rings (SSSR count). The third kappa shape index (κ3) is 4.44. The average molecular weight is 471 g/mol. The number of halogens is 1. The molecular formula is C23H23ClN4O3S. The highest BCUT2D eigenvalue weighted by Gasteiger charge is 2.22. The van der Waals surface area contributed by atoms with Crippen LogP contribution in [0.4, 0.5) is 0 Å². The molecule has 2 heterocycles. The molecule has 4 aromatic rings. The standard InChI is InChI=1S/C23H23ClN4O3S/c1-3-31-13-7-12-27-21(30)18-10-4-5-11-19(18)28-22(27)25-26-23(28)32-15(2)20(29)16-8-6-9-17(24)14-16/h4-6,8-11,14-15H,3,7,12-13H2,1-2H3. The zero-order chi connectivity index (χ0) is 22.7. The SMILES string of the molecule is CCOCCCn1c(=O)c2ccccc2n2c(SC(C)C(=O)c3cccc(Cl)c3)nnc12. The van der Waals surface area contributed by atoms with Crippen molar-refractivity contribution in [1.29, 1.82) is 0 Å². The van der Waals surface area contributed by atoms with Crippen molar-refractivity contribution in [1.82, 2.24) is 19.2 Å². The van der Waals surface area contributed by atoms with E-state index in [1.54, 1.807) is 34.9 Å². The molecule has 0 radical (unpaired) electrons. The molecule has 0 saturated carbocycles. The van der Waals surface area contributed by atoms with Gasteiger partial charge in [-0.05, 0) is 44.5 Å². The van der Waals surface area contributed by atoms with E-state index in [2.05, 4.69) is 10.2 Å². The van der Waals surface area contributed by atoms with Crippen LogP contribution >= 0.6 is 23.4 Å². The molecule has 166 valence electrons. The average Bonchev–Trinajstić information content (AvgIpc) is 3.21. The lowest BCUT2D eigenvalue weighted by atomic mass is 10.1. The molecule has 2 aromatic carbocycles. The molecule has 1 atom stereocenters. The Morgan fingerprint density at radius 2 is 2.00 bits per heavy atom. The summed E-state index contributed by atoms with van der Waals surface area (Å²) in [5, 5.41) is 9.87. The fourth-order valence-corrected chi connectivity index (χ4v) is 4.69. The van der Waals surface area contributed by atoms with E-state index in [0.717, 1.165) is 0 Å². The quantitative estimate of drug-likeness (QED) is 0.204. The second-order valence-corrected chi connectivity index (χ2v) is 9.02.